The Morgan fingerprint density at radius 2 is 1.65 bits per heavy atom. The molecule has 0 aliphatic heterocycles. The van der Waals surface area contributed by atoms with Crippen LogP contribution >= 0.6 is 11.8 Å². The maximum Gasteiger partial charge on any atom is 0.197 e. The Hall–Kier alpha value is -0.750. The van der Waals surface area contributed by atoms with Crippen LogP contribution in [-0.2, 0) is 14.2 Å². The summed E-state index contributed by atoms with van der Waals surface area (Å²) in [5.74, 6) is 0.813. The minimum absolute atomic E-state index is 0.286. The molecule has 0 amide bonds. The molecule has 1 rings (SSSR count). The van der Waals surface area contributed by atoms with Crippen LogP contribution in [-0.4, -0.2) is 45.6 Å². The predicted molar refractivity (Wildman–Crippen MR) is 81.6 cm³/mol. The largest absolute Gasteiger partial charge is 0.465 e. The summed E-state index contributed by atoms with van der Waals surface area (Å²) in [5.41, 5.74) is 0. The van der Waals surface area contributed by atoms with Crippen LogP contribution < -0.4 is 4.74 Å². The van der Waals surface area contributed by atoms with Gasteiger partial charge in [0.25, 0.3) is 0 Å². The van der Waals surface area contributed by atoms with E-state index in [2.05, 4.69) is 0 Å². The topological polar surface area (TPSA) is 36.9 Å². The summed E-state index contributed by atoms with van der Waals surface area (Å²) in [6.07, 6.45) is 1.76. The van der Waals surface area contributed by atoms with E-state index in [1.165, 1.54) is 4.90 Å². The van der Waals surface area contributed by atoms with Crippen molar-refractivity contribution in [3.63, 3.8) is 0 Å². The Labute approximate surface area is 125 Å². The Morgan fingerprint density at radius 3 is 2.30 bits per heavy atom. The summed E-state index contributed by atoms with van der Waals surface area (Å²) in [5, 5.41) is 0. The molecule has 1 aromatic carbocycles. The van der Waals surface area contributed by atoms with Gasteiger partial charge in [-0.25, -0.2) is 0 Å². The van der Waals surface area contributed by atoms with E-state index in [0.717, 1.165) is 12.4 Å². The van der Waals surface area contributed by atoms with Crippen LogP contribution in [0, 0.1) is 0 Å². The molecule has 0 fully saturated rings. The number of hydrogen-bond acceptors (Lipinski definition) is 5. The third-order valence-corrected chi connectivity index (χ3v) is 3.26. The van der Waals surface area contributed by atoms with E-state index in [0.29, 0.717) is 26.4 Å². The Morgan fingerprint density at radius 1 is 1.00 bits per heavy atom. The van der Waals surface area contributed by atoms with Crippen molar-refractivity contribution in [3.8, 4) is 5.75 Å². The minimum Gasteiger partial charge on any atom is -0.465 e. The standard InChI is InChI=1S/C15H24O4S/c1-4-16-9-10-17-11-12-18-13(2)19-14-5-7-15(20-3)8-6-14/h5-8,13H,4,9-12H2,1-3H3. The van der Waals surface area contributed by atoms with Gasteiger partial charge in [0.05, 0.1) is 26.4 Å². The van der Waals surface area contributed by atoms with E-state index < -0.39 is 0 Å². The Bertz CT molecular complexity index is 342. The lowest BCUT2D eigenvalue weighted by Crippen LogP contribution is -2.19. The van der Waals surface area contributed by atoms with Crippen LogP contribution in [0.15, 0.2) is 29.2 Å². The van der Waals surface area contributed by atoms with Gasteiger partial charge in [-0.2, -0.15) is 0 Å². The van der Waals surface area contributed by atoms with Gasteiger partial charge >= 0.3 is 0 Å². The van der Waals surface area contributed by atoms with Gasteiger partial charge in [0.1, 0.15) is 5.75 Å². The summed E-state index contributed by atoms with van der Waals surface area (Å²) in [4.78, 5) is 1.22. The summed E-state index contributed by atoms with van der Waals surface area (Å²) in [6.45, 7) is 6.85. The fourth-order valence-electron chi connectivity index (χ4n) is 1.52. The lowest BCUT2D eigenvalue weighted by Gasteiger charge is -2.15. The quantitative estimate of drug-likeness (QED) is 0.356. The highest BCUT2D eigenvalue weighted by atomic mass is 32.2. The highest BCUT2D eigenvalue weighted by molar-refractivity contribution is 7.98. The first-order valence-electron chi connectivity index (χ1n) is 6.84. The molecule has 5 heteroatoms. The van der Waals surface area contributed by atoms with Gasteiger partial charge in [-0.05, 0) is 44.4 Å². The fraction of sp³-hybridized carbons (Fsp3) is 0.600. The zero-order chi connectivity index (χ0) is 14.6. The number of thioether (sulfide) groups is 1. The number of ether oxygens (including phenoxy) is 4. The Balaban J connectivity index is 2.08. The second kappa shape index (κ2) is 11.0. The third-order valence-electron chi connectivity index (χ3n) is 2.52. The molecule has 0 bridgehead atoms. The van der Waals surface area contributed by atoms with Gasteiger partial charge in [0.15, 0.2) is 6.29 Å². The number of hydrogen-bond donors (Lipinski definition) is 0. The van der Waals surface area contributed by atoms with Gasteiger partial charge in [0.2, 0.25) is 0 Å². The monoisotopic (exact) mass is 300 g/mol. The second-order valence-electron chi connectivity index (χ2n) is 4.04. The summed E-state index contributed by atoms with van der Waals surface area (Å²) in [6, 6.07) is 7.96. The highest BCUT2D eigenvalue weighted by Gasteiger charge is 2.03. The first kappa shape index (κ1) is 17.3. The SMILES string of the molecule is CCOCCOCCOC(C)Oc1ccc(SC)cc1. The van der Waals surface area contributed by atoms with Crippen molar-refractivity contribution < 1.29 is 18.9 Å². The first-order valence-corrected chi connectivity index (χ1v) is 8.06. The van der Waals surface area contributed by atoms with Crippen molar-refractivity contribution >= 4 is 11.8 Å². The summed E-state index contributed by atoms with van der Waals surface area (Å²) >= 11 is 1.71. The van der Waals surface area contributed by atoms with Crippen molar-refractivity contribution in [2.24, 2.45) is 0 Å². The maximum absolute atomic E-state index is 5.65. The molecule has 1 aromatic rings. The van der Waals surface area contributed by atoms with Crippen LogP contribution in [0.2, 0.25) is 0 Å². The summed E-state index contributed by atoms with van der Waals surface area (Å²) in [7, 11) is 0. The molecule has 0 saturated carbocycles. The van der Waals surface area contributed by atoms with Gasteiger partial charge in [-0.15, -0.1) is 11.8 Å². The van der Waals surface area contributed by atoms with Crippen molar-refractivity contribution in [3.05, 3.63) is 24.3 Å². The van der Waals surface area contributed by atoms with E-state index in [1.54, 1.807) is 11.8 Å². The van der Waals surface area contributed by atoms with Gasteiger partial charge in [-0.1, -0.05) is 0 Å². The van der Waals surface area contributed by atoms with Crippen molar-refractivity contribution in [2.75, 3.05) is 39.3 Å². The first-order chi connectivity index (χ1) is 9.76. The second-order valence-corrected chi connectivity index (χ2v) is 4.92. The molecule has 4 nitrogen and oxygen atoms in total. The summed E-state index contributed by atoms with van der Waals surface area (Å²) < 4.78 is 21.7. The maximum atomic E-state index is 5.65. The molecule has 0 heterocycles. The van der Waals surface area contributed by atoms with E-state index in [1.807, 2.05) is 44.4 Å². The van der Waals surface area contributed by atoms with E-state index in [9.17, 15) is 0 Å². The van der Waals surface area contributed by atoms with Crippen molar-refractivity contribution in [1.29, 1.82) is 0 Å². The Kier molecular flexibility index (Phi) is 9.49. The van der Waals surface area contributed by atoms with Crippen molar-refractivity contribution in [2.45, 2.75) is 25.0 Å². The fourth-order valence-corrected chi connectivity index (χ4v) is 1.93. The molecule has 20 heavy (non-hydrogen) atoms. The van der Waals surface area contributed by atoms with Gasteiger partial charge in [-0.3, -0.25) is 0 Å². The predicted octanol–water partition coefficient (Wildman–Crippen LogP) is 3.20. The molecule has 0 aliphatic carbocycles. The zero-order valence-corrected chi connectivity index (χ0v) is 13.3. The molecule has 114 valence electrons. The normalized spacial score (nSPS) is 12.3. The third kappa shape index (κ3) is 7.75. The van der Waals surface area contributed by atoms with E-state index >= 15 is 0 Å². The van der Waals surface area contributed by atoms with Crippen LogP contribution in [0.1, 0.15) is 13.8 Å². The molecule has 1 atom stereocenters. The smallest absolute Gasteiger partial charge is 0.197 e. The minimum atomic E-state index is -0.286. The zero-order valence-electron chi connectivity index (χ0n) is 12.5. The molecule has 1 unspecified atom stereocenters. The van der Waals surface area contributed by atoms with Crippen LogP contribution in [0.25, 0.3) is 0 Å². The van der Waals surface area contributed by atoms with Crippen LogP contribution in [0.3, 0.4) is 0 Å². The lowest BCUT2D eigenvalue weighted by molar-refractivity contribution is -0.0859. The van der Waals surface area contributed by atoms with Crippen molar-refractivity contribution in [1.82, 2.24) is 0 Å². The van der Waals surface area contributed by atoms with Gasteiger partial charge < -0.3 is 18.9 Å². The molecular formula is C15H24O4S. The van der Waals surface area contributed by atoms with Crippen LogP contribution in [0.5, 0.6) is 5.75 Å². The number of benzene rings is 1. The molecular weight excluding hydrogens is 276 g/mol. The molecule has 0 spiro atoms. The average molecular weight is 300 g/mol. The van der Waals surface area contributed by atoms with E-state index in [-0.39, 0.29) is 6.29 Å². The molecule has 0 aliphatic rings. The molecule has 0 N–H and O–H groups in total. The molecule has 0 radical (unpaired) electrons. The molecule has 0 aromatic heterocycles. The van der Waals surface area contributed by atoms with Crippen LogP contribution in [0.4, 0.5) is 0 Å². The van der Waals surface area contributed by atoms with E-state index in [4.69, 9.17) is 18.9 Å². The highest BCUT2D eigenvalue weighted by Crippen LogP contribution is 2.19. The van der Waals surface area contributed by atoms with Gasteiger partial charge in [0, 0.05) is 11.5 Å². The lowest BCUT2D eigenvalue weighted by atomic mass is 10.3. The number of rotatable bonds is 11. The molecule has 0 saturated heterocycles. The average Bonchev–Trinajstić information content (AvgIpc) is 2.47.